The zero-order valence-electron chi connectivity index (χ0n) is 8.39. The Balaban J connectivity index is 3.60. The first-order chi connectivity index (χ1) is 8.43. The van der Waals surface area contributed by atoms with Crippen LogP contribution in [0, 0.1) is 10.1 Å². The summed E-state index contributed by atoms with van der Waals surface area (Å²) in [5.74, 6) is -1.55. The lowest BCUT2D eigenvalue weighted by molar-refractivity contribution is -0.390. The Morgan fingerprint density at radius 1 is 1.42 bits per heavy atom. The van der Waals surface area contributed by atoms with Gasteiger partial charge >= 0.3 is 12.0 Å². The van der Waals surface area contributed by atoms with Gasteiger partial charge in [0.25, 0.3) is 20.4 Å². The lowest BCUT2D eigenvalue weighted by Gasteiger charge is -2.08. The second-order valence-corrected chi connectivity index (χ2v) is 5.44. The van der Waals surface area contributed by atoms with E-state index >= 15 is 0 Å². The molecule has 0 unspecified atom stereocenters. The van der Waals surface area contributed by atoms with Crippen LogP contribution in [-0.4, -0.2) is 24.7 Å². The highest BCUT2D eigenvalue weighted by Crippen LogP contribution is 2.28. The van der Waals surface area contributed by atoms with E-state index in [1.807, 2.05) is 0 Å². The average Bonchev–Trinajstić information content (AvgIpc) is 2.11. The number of halogens is 4. The topological polar surface area (TPSA) is 119 Å². The molecule has 0 bridgehead atoms. The van der Waals surface area contributed by atoms with Crippen molar-refractivity contribution in [1.82, 2.24) is 4.98 Å². The molecular weight excluding hydrogens is 321 g/mol. The summed E-state index contributed by atoms with van der Waals surface area (Å²) in [7, 11) is 0.130. The van der Waals surface area contributed by atoms with Crippen LogP contribution in [0.4, 0.5) is 18.9 Å². The number of ether oxygens (including phenoxy) is 1. The Hall–Kier alpha value is -1.82. The van der Waals surface area contributed by atoms with Gasteiger partial charge in [-0.15, -0.1) is 13.2 Å². The number of hydrogen-bond donors (Lipinski definition) is 1. The molecule has 1 N–H and O–H groups in total. The minimum atomic E-state index is -5.31. The fraction of sp³-hybridized carbons (Fsp3) is 0.167. The standard InChI is InChI=1S/C6H2ClF3N2O6S/c7-19(16,17)2-1-11-5(18-6(8,9)10)3(4(2)13)12(14)15/h1H,(H,11,13). The fourth-order valence-electron chi connectivity index (χ4n) is 1.03. The molecule has 1 aromatic heterocycles. The zero-order chi connectivity index (χ0) is 15.0. The van der Waals surface area contributed by atoms with Crippen LogP contribution in [0.3, 0.4) is 0 Å². The summed E-state index contributed by atoms with van der Waals surface area (Å²) < 4.78 is 60.8. The molecular formula is C6H2ClF3N2O6S. The second-order valence-electron chi connectivity index (χ2n) is 2.90. The molecule has 0 fully saturated rings. The fourth-order valence-corrected chi connectivity index (χ4v) is 1.89. The Labute approximate surface area is 106 Å². The van der Waals surface area contributed by atoms with Crippen LogP contribution < -0.4 is 10.2 Å². The van der Waals surface area contributed by atoms with E-state index in [0.29, 0.717) is 0 Å². The predicted molar refractivity (Wildman–Crippen MR) is 53.4 cm³/mol. The third-order valence-corrected chi connectivity index (χ3v) is 2.98. The minimum absolute atomic E-state index is 0.263. The molecule has 1 heterocycles. The van der Waals surface area contributed by atoms with Crippen molar-refractivity contribution in [3.8, 4) is 5.88 Å². The molecule has 1 rings (SSSR count). The third kappa shape index (κ3) is 3.57. The van der Waals surface area contributed by atoms with E-state index in [9.17, 15) is 36.5 Å². The summed E-state index contributed by atoms with van der Waals surface area (Å²) in [4.78, 5) is 20.7. The van der Waals surface area contributed by atoms with Gasteiger partial charge in [-0.2, -0.15) is 0 Å². The van der Waals surface area contributed by atoms with Gasteiger partial charge in [-0.25, -0.2) is 8.42 Å². The number of nitrogens with one attached hydrogen (secondary N) is 1. The molecule has 0 amide bonds. The lowest BCUT2D eigenvalue weighted by atomic mass is 10.4. The summed E-state index contributed by atoms with van der Waals surface area (Å²) in [5, 5.41) is 10.5. The molecule has 0 spiro atoms. The quantitative estimate of drug-likeness (QED) is 0.505. The molecule has 0 aliphatic carbocycles. The number of nitro groups is 1. The number of aromatic nitrogens is 1. The van der Waals surface area contributed by atoms with E-state index in [0.717, 1.165) is 0 Å². The van der Waals surface area contributed by atoms with Crippen molar-refractivity contribution in [3.05, 3.63) is 26.5 Å². The van der Waals surface area contributed by atoms with Crippen LogP contribution in [0.5, 0.6) is 5.88 Å². The van der Waals surface area contributed by atoms with E-state index < -0.39 is 42.2 Å². The molecule has 0 aromatic carbocycles. The molecule has 106 valence electrons. The van der Waals surface area contributed by atoms with Gasteiger partial charge in [-0.1, -0.05) is 0 Å². The van der Waals surface area contributed by atoms with Crippen molar-refractivity contribution < 1.29 is 31.2 Å². The smallest absolute Gasteiger partial charge is 0.382 e. The molecule has 0 aliphatic heterocycles. The van der Waals surface area contributed by atoms with Gasteiger partial charge in [0.15, 0.2) is 4.90 Å². The number of rotatable bonds is 3. The monoisotopic (exact) mass is 322 g/mol. The lowest BCUT2D eigenvalue weighted by Crippen LogP contribution is -2.23. The molecule has 19 heavy (non-hydrogen) atoms. The maximum atomic E-state index is 11.9. The highest BCUT2D eigenvalue weighted by molar-refractivity contribution is 8.13. The molecule has 1 aromatic rings. The van der Waals surface area contributed by atoms with E-state index in [1.165, 1.54) is 0 Å². The van der Waals surface area contributed by atoms with Gasteiger partial charge in [0.2, 0.25) is 0 Å². The summed E-state index contributed by atoms with van der Waals surface area (Å²) in [6.45, 7) is 0. The first kappa shape index (κ1) is 15.2. The van der Waals surface area contributed by atoms with Crippen LogP contribution in [0.2, 0.25) is 0 Å². The number of hydrogen-bond acceptors (Lipinski definition) is 6. The Kier molecular flexibility index (Phi) is 3.77. The second kappa shape index (κ2) is 4.70. The average molecular weight is 323 g/mol. The van der Waals surface area contributed by atoms with Crippen LogP contribution in [0.25, 0.3) is 0 Å². The SMILES string of the molecule is O=c1c(S(=O)(=O)Cl)c[nH]c(OC(F)(F)F)c1[N+](=O)[O-]. The number of aromatic amines is 1. The number of nitrogens with zero attached hydrogens (tertiary/aromatic N) is 1. The predicted octanol–water partition coefficient (Wildman–Crippen LogP) is 1.11. The van der Waals surface area contributed by atoms with Gasteiger partial charge < -0.3 is 9.72 Å². The van der Waals surface area contributed by atoms with Crippen molar-refractivity contribution in [2.45, 2.75) is 11.3 Å². The van der Waals surface area contributed by atoms with Gasteiger partial charge in [0.1, 0.15) is 0 Å². The van der Waals surface area contributed by atoms with Crippen LogP contribution in [0.1, 0.15) is 0 Å². The van der Waals surface area contributed by atoms with Crippen molar-refractivity contribution in [3.63, 3.8) is 0 Å². The first-order valence-electron chi connectivity index (χ1n) is 4.04. The maximum Gasteiger partial charge on any atom is 0.574 e. The zero-order valence-corrected chi connectivity index (χ0v) is 9.97. The largest absolute Gasteiger partial charge is 0.574 e. The molecule has 8 nitrogen and oxygen atoms in total. The molecule has 0 saturated carbocycles. The van der Waals surface area contributed by atoms with Gasteiger partial charge in [-0.05, 0) is 0 Å². The maximum absolute atomic E-state index is 11.9. The molecule has 13 heteroatoms. The number of pyridine rings is 1. The van der Waals surface area contributed by atoms with E-state index in [1.54, 1.807) is 4.98 Å². The Morgan fingerprint density at radius 3 is 2.32 bits per heavy atom. The highest BCUT2D eigenvalue weighted by Gasteiger charge is 2.37. The number of alkyl halides is 3. The van der Waals surface area contributed by atoms with Gasteiger partial charge in [0.05, 0.1) is 4.92 Å². The first-order valence-corrected chi connectivity index (χ1v) is 6.35. The van der Waals surface area contributed by atoms with Crippen molar-refractivity contribution >= 4 is 25.4 Å². The van der Waals surface area contributed by atoms with Crippen molar-refractivity contribution in [1.29, 1.82) is 0 Å². The minimum Gasteiger partial charge on any atom is -0.382 e. The Morgan fingerprint density at radius 2 is 1.95 bits per heavy atom. The van der Waals surface area contributed by atoms with E-state index in [2.05, 4.69) is 4.74 Å². The van der Waals surface area contributed by atoms with Crippen LogP contribution in [-0.2, 0) is 9.05 Å². The van der Waals surface area contributed by atoms with Crippen molar-refractivity contribution in [2.24, 2.45) is 0 Å². The van der Waals surface area contributed by atoms with Crippen LogP contribution in [0.15, 0.2) is 15.9 Å². The third-order valence-electron chi connectivity index (χ3n) is 1.65. The van der Waals surface area contributed by atoms with Crippen LogP contribution >= 0.6 is 10.7 Å². The normalized spacial score (nSPS) is 12.2. The van der Waals surface area contributed by atoms with E-state index in [4.69, 9.17) is 10.7 Å². The summed E-state index contributed by atoms with van der Waals surface area (Å²) in [5.41, 5.74) is -3.54. The Bertz CT molecular complexity index is 681. The summed E-state index contributed by atoms with van der Waals surface area (Å²) in [6, 6.07) is 0. The van der Waals surface area contributed by atoms with Gasteiger partial charge in [-0.3, -0.25) is 14.9 Å². The molecule has 0 saturated heterocycles. The molecule has 0 atom stereocenters. The summed E-state index contributed by atoms with van der Waals surface area (Å²) in [6.07, 6.45) is -5.05. The van der Waals surface area contributed by atoms with Gasteiger partial charge in [0, 0.05) is 16.9 Å². The number of H-pyrrole nitrogens is 1. The van der Waals surface area contributed by atoms with E-state index in [-0.39, 0.29) is 6.20 Å². The molecule has 0 aliphatic rings. The summed E-state index contributed by atoms with van der Waals surface area (Å²) >= 11 is 0. The highest BCUT2D eigenvalue weighted by atomic mass is 35.7. The van der Waals surface area contributed by atoms with Crippen molar-refractivity contribution in [2.75, 3.05) is 0 Å². The molecule has 0 radical (unpaired) electrons.